The van der Waals surface area contributed by atoms with Crippen LogP contribution in [-0.2, 0) is 16.4 Å². The molecule has 0 spiro atoms. The Bertz CT molecular complexity index is 1320. The zero-order chi connectivity index (χ0) is 25.2. The average Bonchev–Trinajstić information content (AvgIpc) is 3.30. The van der Waals surface area contributed by atoms with Gasteiger partial charge in [0, 0.05) is 58.3 Å². The lowest BCUT2D eigenvalue weighted by Gasteiger charge is -2.31. The number of halogens is 1. The molecule has 9 nitrogen and oxygen atoms in total. The summed E-state index contributed by atoms with van der Waals surface area (Å²) in [7, 11) is -3.71. The van der Waals surface area contributed by atoms with Crippen LogP contribution in [0, 0.1) is 10.1 Å². The number of nitrogens with one attached hydrogen (secondary N) is 1. The molecule has 0 aliphatic carbocycles. The second-order valence-electron chi connectivity index (χ2n) is 8.15. The molecule has 2 aromatic carbocycles. The number of piperidine rings is 1. The van der Waals surface area contributed by atoms with E-state index in [0.29, 0.717) is 35.8 Å². The van der Waals surface area contributed by atoms with Crippen molar-refractivity contribution in [3.05, 3.63) is 85.7 Å². The van der Waals surface area contributed by atoms with Crippen LogP contribution in [0.5, 0.6) is 0 Å². The van der Waals surface area contributed by atoms with Crippen LogP contribution in [0.2, 0.25) is 5.02 Å². The molecule has 1 aliphatic heterocycles. The summed E-state index contributed by atoms with van der Waals surface area (Å²) in [5.41, 5.74) is 6.33. The molecule has 12 heteroatoms. The fraction of sp³-hybridized carbons (Fsp3) is 0.261. The Balaban J connectivity index is 1.46. The first-order chi connectivity index (χ1) is 16.6. The van der Waals surface area contributed by atoms with Gasteiger partial charge in [-0.3, -0.25) is 14.9 Å². The molecule has 1 amide bonds. The predicted molar refractivity (Wildman–Crippen MR) is 136 cm³/mol. The number of hydrogen-bond acceptors (Lipinski definition) is 7. The van der Waals surface area contributed by atoms with E-state index in [1.54, 1.807) is 18.2 Å². The molecular weight excluding hydrogens is 512 g/mol. The average molecular weight is 535 g/mol. The van der Waals surface area contributed by atoms with Crippen molar-refractivity contribution in [2.75, 3.05) is 18.4 Å². The van der Waals surface area contributed by atoms with E-state index in [-0.39, 0.29) is 33.5 Å². The van der Waals surface area contributed by atoms with E-state index in [4.69, 9.17) is 17.3 Å². The summed E-state index contributed by atoms with van der Waals surface area (Å²) in [6.45, 7) is 0.744. The lowest BCUT2D eigenvalue weighted by molar-refractivity contribution is -0.385. The number of primary amides is 1. The van der Waals surface area contributed by atoms with Crippen molar-refractivity contribution in [1.82, 2.24) is 4.31 Å². The number of hydrogen-bond donors (Lipinski definition) is 2. The molecule has 0 radical (unpaired) electrons. The maximum atomic E-state index is 13.2. The highest BCUT2D eigenvalue weighted by Gasteiger charge is 2.31. The van der Waals surface area contributed by atoms with Gasteiger partial charge < -0.3 is 11.1 Å². The van der Waals surface area contributed by atoms with Crippen molar-refractivity contribution < 1.29 is 18.1 Å². The number of nitrogens with two attached hydrogens (primary N) is 1. The first-order valence-corrected chi connectivity index (χ1v) is 13.5. The Kier molecular flexibility index (Phi) is 7.41. The molecule has 0 bridgehead atoms. The molecule has 35 heavy (non-hydrogen) atoms. The van der Waals surface area contributed by atoms with Gasteiger partial charge in [0.2, 0.25) is 5.91 Å². The van der Waals surface area contributed by atoms with Crippen molar-refractivity contribution >= 4 is 50.2 Å². The molecule has 4 rings (SSSR count). The van der Waals surface area contributed by atoms with Gasteiger partial charge in [0.25, 0.3) is 15.7 Å². The highest BCUT2D eigenvalue weighted by molar-refractivity contribution is 7.91. The third-order valence-electron chi connectivity index (χ3n) is 5.86. The van der Waals surface area contributed by atoms with Gasteiger partial charge in [0.05, 0.1) is 4.92 Å². The number of nitrogens with zero attached hydrogens (tertiary/aromatic N) is 2. The molecule has 1 aliphatic rings. The Hall–Kier alpha value is -2.99. The largest absolute Gasteiger partial charge is 0.382 e. The van der Waals surface area contributed by atoms with Crippen LogP contribution < -0.4 is 11.1 Å². The molecule has 3 aromatic rings. The van der Waals surface area contributed by atoms with Gasteiger partial charge in [0.1, 0.15) is 4.21 Å². The summed E-state index contributed by atoms with van der Waals surface area (Å²) in [6, 6.07) is 14.8. The van der Waals surface area contributed by atoms with Gasteiger partial charge in [-0.15, -0.1) is 11.3 Å². The van der Waals surface area contributed by atoms with Crippen molar-refractivity contribution in [2.45, 2.75) is 29.5 Å². The van der Waals surface area contributed by atoms with E-state index < -0.39 is 20.9 Å². The smallest absolute Gasteiger partial charge is 0.273 e. The van der Waals surface area contributed by atoms with Crippen LogP contribution in [0.1, 0.15) is 33.6 Å². The maximum absolute atomic E-state index is 13.2. The summed E-state index contributed by atoms with van der Waals surface area (Å²) in [5, 5.41) is 15.5. The van der Waals surface area contributed by atoms with Crippen LogP contribution in [0.3, 0.4) is 0 Å². The van der Waals surface area contributed by atoms with Crippen LogP contribution in [0.25, 0.3) is 0 Å². The van der Waals surface area contributed by atoms with Gasteiger partial charge in [-0.1, -0.05) is 17.7 Å². The summed E-state index contributed by atoms with van der Waals surface area (Å²) in [4.78, 5) is 23.3. The van der Waals surface area contributed by atoms with Gasteiger partial charge in [-0.2, -0.15) is 4.31 Å². The van der Waals surface area contributed by atoms with Crippen LogP contribution >= 0.6 is 22.9 Å². The highest BCUT2D eigenvalue weighted by Crippen LogP contribution is 2.32. The third-order valence-corrected chi connectivity index (χ3v) is 9.57. The van der Waals surface area contributed by atoms with Crippen LogP contribution in [0.15, 0.2) is 58.8 Å². The Morgan fingerprint density at radius 1 is 1.14 bits per heavy atom. The predicted octanol–water partition coefficient (Wildman–Crippen LogP) is 4.26. The normalized spacial score (nSPS) is 15.1. The molecule has 1 aromatic heterocycles. The number of nitro benzene ring substituents is 1. The molecule has 0 saturated carbocycles. The number of carbonyl (C=O) groups excluding carboxylic acids is 1. The summed E-state index contributed by atoms with van der Waals surface area (Å²) >= 11 is 6.96. The van der Waals surface area contributed by atoms with E-state index in [9.17, 15) is 23.3 Å². The molecular formula is C23H23ClN4O5S2. The second-order valence-corrected chi connectivity index (χ2v) is 11.9. The third kappa shape index (κ3) is 5.64. The number of nitro groups is 1. The lowest BCUT2D eigenvalue weighted by Crippen LogP contribution is -2.42. The number of sulfonamides is 1. The van der Waals surface area contributed by atoms with Crippen molar-refractivity contribution in [1.29, 1.82) is 0 Å². The number of anilines is 1. The number of carbonyl (C=O) groups is 1. The van der Waals surface area contributed by atoms with E-state index in [0.717, 1.165) is 17.0 Å². The first-order valence-electron chi connectivity index (χ1n) is 10.8. The lowest BCUT2D eigenvalue weighted by atomic mass is 10.0. The van der Waals surface area contributed by atoms with Gasteiger partial charge in [-0.05, 0) is 55.3 Å². The minimum absolute atomic E-state index is 0.0305. The molecule has 0 unspecified atom stereocenters. The Morgan fingerprint density at radius 3 is 2.46 bits per heavy atom. The Labute approximate surface area is 211 Å². The molecule has 0 atom stereocenters. The maximum Gasteiger partial charge on any atom is 0.273 e. The monoisotopic (exact) mass is 534 g/mol. The standard InChI is InChI=1S/C23H23ClN4O5S2/c24-15-4-6-16(7-5-15)26-17-10-12-27(13-11-17)35(32,33)22-9-8-18(34-22)14-20-19(23(25)29)2-1-3-21(20)28(30)31/h1-9,17,26H,10-14H2,(H2,25,29). The minimum atomic E-state index is -3.71. The van der Waals surface area contributed by atoms with E-state index in [1.807, 2.05) is 12.1 Å². The number of benzene rings is 2. The van der Waals surface area contributed by atoms with E-state index >= 15 is 0 Å². The molecule has 3 N–H and O–H groups in total. The number of thiophene rings is 1. The van der Waals surface area contributed by atoms with Crippen molar-refractivity contribution in [3.63, 3.8) is 0 Å². The highest BCUT2D eigenvalue weighted by atomic mass is 35.5. The quantitative estimate of drug-likeness (QED) is 0.327. The summed E-state index contributed by atoms with van der Waals surface area (Å²) in [6.07, 6.45) is 1.33. The van der Waals surface area contributed by atoms with Crippen LogP contribution in [-0.4, -0.2) is 42.7 Å². The summed E-state index contributed by atoms with van der Waals surface area (Å²) in [5.74, 6) is -0.775. The SMILES string of the molecule is NC(=O)c1cccc([N+](=O)[O-])c1Cc1ccc(S(=O)(=O)N2CCC(Nc3ccc(Cl)cc3)CC2)s1. The minimum Gasteiger partial charge on any atom is -0.382 e. The summed E-state index contributed by atoms with van der Waals surface area (Å²) < 4.78 is 28.1. The molecule has 1 fully saturated rings. The Morgan fingerprint density at radius 2 is 1.83 bits per heavy atom. The topological polar surface area (TPSA) is 136 Å². The molecule has 2 heterocycles. The molecule has 1 saturated heterocycles. The number of amides is 1. The van der Waals surface area contributed by atoms with E-state index in [1.165, 1.54) is 28.6 Å². The zero-order valence-corrected chi connectivity index (χ0v) is 20.9. The van der Waals surface area contributed by atoms with Gasteiger partial charge in [0.15, 0.2) is 0 Å². The van der Waals surface area contributed by atoms with E-state index in [2.05, 4.69) is 5.32 Å². The van der Waals surface area contributed by atoms with Gasteiger partial charge in [-0.25, -0.2) is 8.42 Å². The van der Waals surface area contributed by atoms with Crippen molar-refractivity contribution in [3.8, 4) is 0 Å². The first kappa shape index (κ1) is 25.1. The van der Waals surface area contributed by atoms with Crippen molar-refractivity contribution in [2.24, 2.45) is 5.73 Å². The number of rotatable bonds is 8. The fourth-order valence-corrected chi connectivity index (χ4v) is 7.20. The van der Waals surface area contributed by atoms with Crippen LogP contribution in [0.4, 0.5) is 11.4 Å². The fourth-order valence-electron chi connectivity index (χ4n) is 4.08. The zero-order valence-electron chi connectivity index (χ0n) is 18.5. The molecule has 184 valence electrons. The van der Waals surface area contributed by atoms with Gasteiger partial charge >= 0.3 is 0 Å². The second kappa shape index (κ2) is 10.3.